The predicted octanol–water partition coefficient (Wildman–Crippen LogP) is 3.11. The highest BCUT2D eigenvalue weighted by Gasteiger charge is 2.22. The Labute approximate surface area is 163 Å². The molecule has 1 atom stereocenters. The lowest BCUT2D eigenvalue weighted by molar-refractivity contribution is -0.119. The van der Waals surface area contributed by atoms with Crippen molar-refractivity contribution in [2.45, 2.75) is 32.7 Å². The first kappa shape index (κ1) is 18.3. The van der Waals surface area contributed by atoms with E-state index in [0.29, 0.717) is 12.5 Å². The zero-order valence-electron chi connectivity index (χ0n) is 16.1. The van der Waals surface area contributed by atoms with Crippen LogP contribution in [-0.4, -0.2) is 40.2 Å². The van der Waals surface area contributed by atoms with Crippen molar-refractivity contribution in [3.05, 3.63) is 42.5 Å². The number of carbonyl (C=O) groups excluding carboxylic acids is 1. The molecule has 146 valence electrons. The van der Waals surface area contributed by atoms with Crippen molar-refractivity contribution in [1.29, 1.82) is 0 Å². The third-order valence-electron chi connectivity index (χ3n) is 4.55. The molecule has 1 aliphatic rings. The van der Waals surface area contributed by atoms with Crippen LogP contribution in [0.1, 0.15) is 26.7 Å². The van der Waals surface area contributed by atoms with Crippen LogP contribution < -0.4 is 14.8 Å². The molecule has 0 unspecified atom stereocenters. The molecule has 4 rings (SSSR count). The van der Waals surface area contributed by atoms with E-state index in [-0.39, 0.29) is 11.9 Å². The molecule has 1 amide bonds. The minimum Gasteiger partial charge on any atom is -0.493 e. The lowest BCUT2D eigenvalue weighted by Crippen LogP contribution is -2.35. The molecule has 1 N–H and O–H groups in total. The number of aromatic nitrogens is 3. The first-order valence-corrected chi connectivity index (χ1v) is 9.57. The molecule has 1 aliphatic carbocycles. The third kappa shape index (κ3) is 4.60. The SMILES string of the molecule is CC(=O)N[C@@H](C)COc1ccc(-n2nc3ccc(OCC4CC4)cc3n2)cc1. The minimum atomic E-state index is -0.0654. The molecule has 0 bridgehead atoms. The van der Waals surface area contributed by atoms with Gasteiger partial charge in [0.2, 0.25) is 5.91 Å². The topological polar surface area (TPSA) is 78.3 Å². The monoisotopic (exact) mass is 380 g/mol. The molecule has 1 fully saturated rings. The first-order chi connectivity index (χ1) is 13.6. The summed E-state index contributed by atoms with van der Waals surface area (Å²) in [5.41, 5.74) is 2.47. The quantitative estimate of drug-likeness (QED) is 0.650. The summed E-state index contributed by atoms with van der Waals surface area (Å²) < 4.78 is 11.5. The van der Waals surface area contributed by atoms with Crippen LogP contribution in [-0.2, 0) is 4.79 Å². The molecule has 0 radical (unpaired) electrons. The first-order valence-electron chi connectivity index (χ1n) is 9.57. The van der Waals surface area contributed by atoms with E-state index in [1.165, 1.54) is 19.8 Å². The van der Waals surface area contributed by atoms with Crippen LogP contribution in [0, 0.1) is 5.92 Å². The standard InChI is InChI=1S/C21H24N4O3/c1-14(22-15(2)26)12-27-18-7-5-17(6-8-18)25-23-20-10-9-19(11-21(20)24-25)28-13-16-3-4-16/h5-11,14,16H,3-4,12-13H2,1-2H3,(H,22,26)/t14-/m0/s1. The fourth-order valence-electron chi connectivity index (χ4n) is 2.88. The highest BCUT2D eigenvalue weighted by Crippen LogP contribution is 2.30. The molecule has 1 heterocycles. The van der Waals surface area contributed by atoms with Crippen molar-refractivity contribution >= 4 is 16.9 Å². The maximum atomic E-state index is 11.0. The van der Waals surface area contributed by atoms with Crippen LogP contribution in [0.15, 0.2) is 42.5 Å². The second kappa shape index (κ2) is 7.88. The van der Waals surface area contributed by atoms with Crippen LogP contribution in [0.5, 0.6) is 11.5 Å². The highest BCUT2D eigenvalue weighted by atomic mass is 16.5. The molecule has 2 aromatic carbocycles. The molecule has 1 aromatic heterocycles. The zero-order valence-corrected chi connectivity index (χ0v) is 16.1. The van der Waals surface area contributed by atoms with Crippen molar-refractivity contribution in [2.24, 2.45) is 5.92 Å². The highest BCUT2D eigenvalue weighted by molar-refractivity contribution is 5.75. The van der Waals surface area contributed by atoms with E-state index in [4.69, 9.17) is 9.47 Å². The maximum absolute atomic E-state index is 11.0. The van der Waals surface area contributed by atoms with Gasteiger partial charge >= 0.3 is 0 Å². The summed E-state index contributed by atoms with van der Waals surface area (Å²) >= 11 is 0. The van der Waals surface area contributed by atoms with Crippen LogP contribution in [0.25, 0.3) is 16.7 Å². The molecule has 0 aliphatic heterocycles. The third-order valence-corrected chi connectivity index (χ3v) is 4.55. The second-order valence-electron chi connectivity index (χ2n) is 7.30. The summed E-state index contributed by atoms with van der Waals surface area (Å²) in [7, 11) is 0. The van der Waals surface area contributed by atoms with E-state index in [1.807, 2.05) is 49.4 Å². The molecular weight excluding hydrogens is 356 g/mol. The Morgan fingerprint density at radius 3 is 2.54 bits per heavy atom. The number of nitrogens with zero attached hydrogens (tertiary/aromatic N) is 3. The van der Waals surface area contributed by atoms with Gasteiger partial charge in [0.25, 0.3) is 0 Å². The number of nitrogens with one attached hydrogen (secondary N) is 1. The van der Waals surface area contributed by atoms with Gasteiger partial charge in [-0.3, -0.25) is 4.79 Å². The average Bonchev–Trinajstić information content (AvgIpc) is 3.41. The predicted molar refractivity (Wildman–Crippen MR) is 106 cm³/mol. The van der Waals surface area contributed by atoms with Gasteiger partial charge in [0, 0.05) is 13.0 Å². The van der Waals surface area contributed by atoms with Crippen molar-refractivity contribution in [2.75, 3.05) is 13.2 Å². The lowest BCUT2D eigenvalue weighted by atomic mass is 10.3. The van der Waals surface area contributed by atoms with Gasteiger partial charge in [-0.15, -0.1) is 10.2 Å². The lowest BCUT2D eigenvalue weighted by Gasteiger charge is -2.13. The largest absolute Gasteiger partial charge is 0.493 e. The Kier molecular flexibility index (Phi) is 5.14. The maximum Gasteiger partial charge on any atom is 0.217 e. The number of amides is 1. The number of rotatable bonds is 8. The Morgan fingerprint density at radius 2 is 1.82 bits per heavy atom. The summed E-state index contributed by atoms with van der Waals surface area (Å²) in [5, 5.41) is 11.9. The van der Waals surface area contributed by atoms with E-state index in [9.17, 15) is 4.79 Å². The molecule has 3 aromatic rings. The fourth-order valence-corrected chi connectivity index (χ4v) is 2.88. The number of hydrogen-bond acceptors (Lipinski definition) is 5. The van der Waals surface area contributed by atoms with Crippen molar-refractivity contribution in [3.63, 3.8) is 0 Å². The molecule has 1 saturated carbocycles. The molecule has 0 spiro atoms. The average molecular weight is 380 g/mol. The Hall–Kier alpha value is -3.09. The van der Waals surface area contributed by atoms with Crippen molar-refractivity contribution < 1.29 is 14.3 Å². The Morgan fingerprint density at radius 1 is 1.11 bits per heavy atom. The molecule has 0 saturated heterocycles. The van der Waals surface area contributed by atoms with E-state index in [2.05, 4.69) is 15.5 Å². The minimum absolute atomic E-state index is 0.0495. The number of fused-ring (bicyclic) bond motifs is 1. The Bertz CT molecular complexity index is 963. The van der Waals surface area contributed by atoms with Crippen LogP contribution in [0.4, 0.5) is 0 Å². The van der Waals surface area contributed by atoms with E-state index < -0.39 is 0 Å². The van der Waals surface area contributed by atoms with E-state index >= 15 is 0 Å². The van der Waals surface area contributed by atoms with Gasteiger partial charge in [-0.05, 0) is 62.1 Å². The summed E-state index contributed by atoms with van der Waals surface area (Å²) in [5.74, 6) is 2.22. The van der Waals surface area contributed by atoms with Crippen LogP contribution >= 0.6 is 0 Å². The molecule has 7 heteroatoms. The smallest absolute Gasteiger partial charge is 0.217 e. The fraction of sp³-hybridized carbons (Fsp3) is 0.381. The van der Waals surface area contributed by atoms with E-state index in [1.54, 1.807) is 4.80 Å². The second-order valence-corrected chi connectivity index (χ2v) is 7.30. The van der Waals surface area contributed by atoms with Crippen molar-refractivity contribution in [3.8, 4) is 17.2 Å². The Balaban J connectivity index is 1.41. The number of hydrogen-bond donors (Lipinski definition) is 1. The summed E-state index contributed by atoms with van der Waals surface area (Å²) in [6.45, 7) is 4.58. The number of benzene rings is 2. The molecule has 28 heavy (non-hydrogen) atoms. The molecule has 7 nitrogen and oxygen atoms in total. The summed E-state index contributed by atoms with van der Waals surface area (Å²) in [6.07, 6.45) is 2.54. The van der Waals surface area contributed by atoms with Gasteiger partial charge in [-0.25, -0.2) is 0 Å². The van der Waals surface area contributed by atoms with Gasteiger partial charge < -0.3 is 14.8 Å². The summed E-state index contributed by atoms with van der Waals surface area (Å²) in [4.78, 5) is 12.6. The normalized spacial score (nSPS) is 14.6. The zero-order chi connectivity index (χ0) is 19.5. The van der Waals surface area contributed by atoms with Gasteiger partial charge in [0.1, 0.15) is 29.1 Å². The molecular formula is C21H24N4O3. The van der Waals surface area contributed by atoms with Gasteiger partial charge in [0.15, 0.2) is 0 Å². The summed E-state index contributed by atoms with van der Waals surface area (Å²) in [6, 6.07) is 13.3. The van der Waals surface area contributed by atoms with Crippen LogP contribution in [0.2, 0.25) is 0 Å². The van der Waals surface area contributed by atoms with Crippen LogP contribution in [0.3, 0.4) is 0 Å². The van der Waals surface area contributed by atoms with E-state index in [0.717, 1.165) is 34.8 Å². The number of ether oxygens (including phenoxy) is 2. The van der Waals surface area contributed by atoms with Gasteiger partial charge in [-0.2, -0.15) is 4.80 Å². The number of carbonyl (C=O) groups is 1. The van der Waals surface area contributed by atoms with Gasteiger partial charge in [0.05, 0.1) is 18.3 Å². The van der Waals surface area contributed by atoms with Gasteiger partial charge in [-0.1, -0.05) is 0 Å². The van der Waals surface area contributed by atoms with Crippen molar-refractivity contribution in [1.82, 2.24) is 20.3 Å².